The fourth-order valence-electron chi connectivity index (χ4n) is 2.35. The van der Waals surface area contributed by atoms with Crippen LogP contribution in [0.3, 0.4) is 0 Å². The van der Waals surface area contributed by atoms with Crippen LogP contribution in [0.2, 0.25) is 5.02 Å². The Balaban J connectivity index is 2.12. The van der Waals surface area contributed by atoms with Gasteiger partial charge in [0.25, 0.3) is 0 Å². The first-order valence-corrected chi connectivity index (χ1v) is 7.29. The van der Waals surface area contributed by atoms with Crippen molar-refractivity contribution in [3.63, 3.8) is 0 Å². The number of nitrogens with zero attached hydrogens (tertiary/aromatic N) is 3. The molecule has 0 aromatic carbocycles. The summed E-state index contributed by atoms with van der Waals surface area (Å²) in [5.74, 6) is 0. The molecule has 108 valence electrons. The van der Waals surface area contributed by atoms with Crippen molar-refractivity contribution in [2.75, 3.05) is 7.05 Å². The second-order valence-electron chi connectivity index (χ2n) is 4.94. The van der Waals surface area contributed by atoms with E-state index in [1.54, 1.807) is 6.20 Å². The van der Waals surface area contributed by atoms with Crippen molar-refractivity contribution in [3.8, 4) is 0 Å². The third kappa shape index (κ3) is 3.38. The zero-order valence-electron chi connectivity index (χ0n) is 12.2. The molecule has 0 saturated carbocycles. The molecule has 1 atom stereocenters. The van der Waals surface area contributed by atoms with E-state index in [1.807, 2.05) is 31.0 Å². The van der Waals surface area contributed by atoms with Gasteiger partial charge in [-0.25, -0.2) is 0 Å². The third-order valence-electron chi connectivity index (χ3n) is 3.56. The summed E-state index contributed by atoms with van der Waals surface area (Å²) in [5.41, 5.74) is 3.29. The molecule has 2 aromatic rings. The van der Waals surface area contributed by atoms with E-state index in [0.29, 0.717) is 6.04 Å². The number of rotatable bonds is 6. The predicted octanol–water partition coefficient (Wildman–Crippen LogP) is 2.40. The van der Waals surface area contributed by atoms with E-state index >= 15 is 0 Å². The van der Waals surface area contributed by atoms with Crippen LogP contribution in [0.5, 0.6) is 0 Å². The van der Waals surface area contributed by atoms with Crippen LogP contribution in [0.4, 0.5) is 0 Å². The van der Waals surface area contributed by atoms with Crippen molar-refractivity contribution in [1.29, 1.82) is 0 Å². The van der Waals surface area contributed by atoms with Crippen LogP contribution in [-0.4, -0.2) is 27.9 Å². The van der Waals surface area contributed by atoms with Gasteiger partial charge >= 0.3 is 0 Å². The van der Waals surface area contributed by atoms with Gasteiger partial charge in [-0.1, -0.05) is 24.6 Å². The van der Waals surface area contributed by atoms with Gasteiger partial charge in [0.1, 0.15) is 0 Å². The Bertz CT molecular complexity index is 551. The minimum atomic E-state index is 0.316. The van der Waals surface area contributed by atoms with Gasteiger partial charge in [0.2, 0.25) is 0 Å². The first kappa shape index (κ1) is 15.0. The Labute approximate surface area is 125 Å². The summed E-state index contributed by atoms with van der Waals surface area (Å²) < 4.78 is 1.90. The summed E-state index contributed by atoms with van der Waals surface area (Å²) in [5, 5.41) is 8.63. The number of aromatic nitrogens is 3. The van der Waals surface area contributed by atoms with Gasteiger partial charge in [0.15, 0.2) is 0 Å². The maximum absolute atomic E-state index is 6.41. The topological polar surface area (TPSA) is 42.7 Å². The first-order chi connectivity index (χ1) is 9.65. The normalized spacial score (nSPS) is 12.6. The molecule has 0 fully saturated rings. The molecule has 0 amide bonds. The number of halogens is 1. The average Bonchev–Trinajstić information content (AvgIpc) is 2.74. The van der Waals surface area contributed by atoms with Gasteiger partial charge in [-0.15, -0.1) is 0 Å². The van der Waals surface area contributed by atoms with E-state index in [1.165, 1.54) is 5.56 Å². The molecule has 0 radical (unpaired) electrons. The molecule has 0 aliphatic heterocycles. The quantitative estimate of drug-likeness (QED) is 0.889. The van der Waals surface area contributed by atoms with Crippen LogP contribution >= 0.6 is 11.6 Å². The van der Waals surface area contributed by atoms with Crippen LogP contribution < -0.4 is 5.32 Å². The van der Waals surface area contributed by atoms with Gasteiger partial charge in [0, 0.05) is 31.9 Å². The molecule has 0 saturated heterocycles. The maximum Gasteiger partial charge on any atom is 0.0850 e. The largest absolute Gasteiger partial charge is 0.316 e. The second kappa shape index (κ2) is 6.86. The van der Waals surface area contributed by atoms with Crippen LogP contribution in [0.25, 0.3) is 0 Å². The summed E-state index contributed by atoms with van der Waals surface area (Å²) in [6.07, 6.45) is 6.34. The van der Waals surface area contributed by atoms with Crippen molar-refractivity contribution in [2.45, 2.75) is 32.2 Å². The molecule has 2 aromatic heterocycles. The molecule has 0 spiro atoms. The number of nitrogens with one attached hydrogen (secondary N) is 1. The van der Waals surface area contributed by atoms with Crippen molar-refractivity contribution < 1.29 is 0 Å². The Morgan fingerprint density at radius 2 is 2.20 bits per heavy atom. The van der Waals surface area contributed by atoms with Gasteiger partial charge in [-0.2, -0.15) is 5.10 Å². The summed E-state index contributed by atoms with van der Waals surface area (Å²) in [7, 11) is 3.93. The van der Waals surface area contributed by atoms with E-state index in [2.05, 4.69) is 28.4 Å². The van der Waals surface area contributed by atoms with E-state index in [4.69, 9.17) is 11.6 Å². The molecule has 1 unspecified atom stereocenters. The predicted molar refractivity (Wildman–Crippen MR) is 82.1 cm³/mol. The molecule has 2 heterocycles. The molecular weight excluding hydrogens is 272 g/mol. The summed E-state index contributed by atoms with van der Waals surface area (Å²) in [6, 6.07) is 4.38. The second-order valence-corrected chi connectivity index (χ2v) is 5.32. The van der Waals surface area contributed by atoms with Crippen molar-refractivity contribution in [1.82, 2.24) is 20.1 Å². The molecular formula is C15H21ClN4. The minimum absolute atomic E-state index is 0.316. The highest BCUT2D eigenvalue weighted by molar-refractivity contribution is 6.31. The molecule has 5 heteroatoms. The van der Waals surface area contributed by atoms with E-state index < -0.39 is 0 Å². The highest BCUT2D eigenvalue weighted by Crippen LogP contribution is 2.22. The maximum atomic E-state index is 6.41. The van der Waals surface area contributed by atoms with Gasteiger partial charge < -0.3 is 5.32 Å². The third-order valence-corrected chi connectivity index (χ3v) is 3.99. The molecule has 0 bridgehead atoms. The van der Waals surface area contributed by atoms with E-state index in [-0.39, 0.29) is 0 Å². The van der Waals surface area contributed by atoms with E-state index in [9.17, 15) is 0 Å². The molecule has 4 nitrogen and oxygen atoms in total. The first-order valence-electron chi connectivity index (χ1n) is 6.92. The Morgan fingerprint density at radius 3 is 2.75 bits per heavy atom. The number of hydrogen-bond donors (Lipinski definition) is 1. The van der Waals surface area contributed by atoms with Crippen molar-refractivity contribution in [2.24, 2.45) is 7.05 Å². The molecule has 2 rings (SSSR count). The smallest absolute Gasteiger partial charge is 0.0850 e. The summed E-state index contributed by atoms with van der Waals surface area (Å²) in [4.78, 5) is 4.16. The number of pyridine rings is 1. The monoisotopic (exact) mass is 292 g/mol. The van der Waals surface area contributed by atoms with Crippen molar-refractivity contribution in [3.05, 3.63) is 46.5 Å². The lowest BCUT2D eigenvalue weighted by molar-refractivity contribution is 0.533. The van der Waals surface area contributed by atoms with E-state index in [0.717, 1.165) is 35.7 Å². The lowest BCUT2D eigenvalue weighted by Crippen LogP contribution is -2.30. The number of hydrogen-bond acceptors (Lipinski definition) is 3. The molecule has 0 aliphatic rings. The minimum Gasteiger partial charge on any atom is -0.316 e. The van der Waals surface area contributed by atoms with Crippen LogP contribution in [0.15, 0.2) is 24.5 Å². The average molecular weight is 293 g/mol. The van der Waals surface area contributed by atoms with Crippen LogP contribution in [0.1, 0.15) is 23.9 Å². The Hall–Kier alpha value is -1.39. The van der Waals surface area contributed by atoms with Gasteiger partial charge in [-0.05, 0) is 31.5 Å². The number of likely N-dealkylation sites (N-methyl/N-ethyl adjacent to an activating group) is 1. The highest BCUT2D eigenvalue weighted by atomic mass is 35.5. The lowest BCUT2D eigenvalue weighted by Gasteiger charge is -2.16. The van der Waals surface area contributed by atoms with Gasteiger partial charge in [0.05, 0.1) is 16.4 Å². The van der Waals surface area contributed by atoms with Crippen molar-refractivity contribution >= 4 is 11.6 Å². The number of aryl methyl sites for hydroxylation is 2. The summed E-state index contributed by atoms with van der Waals surface area (Å²) in [6.45, 7) is 2.07. The Kier molecular flexibility index (Phi) is 5.15. The molecule has 0 aliphatic carbocycles. The Morgan fingerprint density at radius 1 is 1.40 bits per heavy atom. The molecule has 1 N–H and O–H groups in total. The lowest BCUT2D eigenvalue weighted by atomic mass is 10.0. The zero-order chi connectivity index (χ0) is 14.5. The standard InChI is InChI=1S/C15H21ClN4/c1-4-13-15(16)14(20(3)19-13)9-12(17-2)8-11-6-5-7-18-10-11/h5-7,10,12,17H,4,8-9H2,1-3H3. The SMILES string of the molecule is CCc1nn(C)c(CC(Cc2cccnc2)NC)c1Cl. The van der Waals surface area contributed by atoms with Crippen LogP contribution in [-0.2, 0) is 26.3 Å². The zero-order valence-corrected chi connectivity index (χ0v) is 13.0. The van der Waals surface area contributed by atoms with Gasteiger partial charge in [-0.3, -0.25) is 9.67 Å². The molecule has 20 heavy (non-hydrogen) atoms. The fourth-order valence-corrected chi connectivity index (χ4v) is 2.73. The van der Waals surface area contributed by atoms with Crippen LogP contribution in [0, 0.1) is 0 Å². The highest BCUT2D eigenvalue weighted by Gasteiger charge is 2.17. The fraction of sp³-hybridized carbons (Fsp3) is 0.467. The summed E-state index contributed by atoms with van der Waals surface area (Å²) >= 11 is 6.41.